The number of amides is 2. The average Bonchev–Trinajstić information content (AvgIpc) is 3.16. The fraction of sp³-hybridized carbons (Fsp3) is 0.182. The molecule has 0 bridgehead atoms. The molecule has 1 fully saturated rings. The number of benzene rings is 1. The van der Waals surface area contributed by atoms with Gasteiger partial charge in [-0.05, 0) is 36.4 Å². The molecule has 31 heavy (non-hydrogen) atoms. The van der Waals surface area contributed by atoms with E-state index in [1.807, 2.05) is 0 Å². The molecule has 8 nitrogen and oxygen atoms in total. The van der Waals surface area contributed by atoms with Crippen LogP contribution in [0.25, 0.3) is 33.2 Å². The summed E-state index contributed by atoms with van der Waals surface area (Å²) in [6.45, 7) is 2.14. The van der Waals surface area contributed by atoms with Gasteiger partial charge in [-0.1, -0.05) is 0 Å². The van der Waals surface area contributed by atoms with Gasteiger partial charge in [0.1, 0.15) is 0 Å². The number of hydrogen-bond donors (Lipinski definition) is 2. The Bertz CT molecular complexity index is 1330. The fourth-order valence-electron chi connectivity index (χ4n) is 3.81. The molecule has 0 spiro atoms. The zero-order chi connectivity index (χ0) is 21.5. The third kappa shape index (κ3) is 3.38. The van der Waals surface area contributed by atoms with Gasteiger partial charge in [0, 0.05) is 41.3 Å². The number of fused-ring (bicyclic) bond motifs is 3. The molecule has 3 N–H and O–H groups in total. The van der Waals surface area contributed by atoms with Crippen LogP contribution in [0.15, 0.2) is 42.6 Å². The topological polar surface area (TPSA) is 114 Å². The van der Waals surface area contributed by atoms with Gasteiger partial charge in [-0.15, -0.1) is 0 Å². The Kier molecular flexibility index (Phi) is 4.59. The molecule has 1 aromatic carbocycles. The maximum absolute atomic E-state index is 13.2. The highest BCUT2D eigenvalue weighted by Crippen LogP contribution is 2.30. The van der Waals surface area contributed by atoms with Crippen LogP contribution in [0, 0.1) is 5.95 Å². The van der Waals surface area contributed by atoms with E-state index in [-0.39, 0.29) is 11.5 Å². The minimum Gasteiger partial charge on any atom is -0.378 e. The lowest BCUT2D eigenvalue weighted by atomic mass is 10.1. The Morgan fingerprint density at radius 2 is 1.94 bits per heavy atom. The summed E-state index contributed by atoms with van der Waals surface area (Å²) in [4.78, 5) is 38.2. The number of ether oxygens (including phenoxy) is 1. The van der Waals surface area contributed by atoms with Crippen molar-refractivity contribution in [2.75, 3.05) is 26.3 Å². The highest BCUT2D eigenvalue weighted by Gasteiger charge is 2.21. The lowest BCUT2D eigenvalue weighted by Gasteiger charge is -2.26. The van der Waals surface area contributed by atoms with Crippen LogP contribution >= 0.6 is 0 Å². The van der Waals surface area contributed by atoms with Crippen LogP contribution in [-0.4, -0.2) is 58.0 Å². The first-order valence-corrected chi connectivity index (χ1v) is 9.76. The highest BCUT2D eigenvalue weighted by atomic mass is 19.1. The summed E-state index contributed by atoms with van der Waals surface area (Å²) < 4.78 is 18.5. The summed E-state index contributed by atoms with van der Waals surface area (Å²) in [5.41, 5.74) is 9.09. The Labute approximate surface area is 175 Å². The largest absolute Gasteiger partial charge is 0.378 e. The summed E-state index contributed by atoms with van der Waals surface area (Å²) >= 11 is 0. The first-order valence-electron chi connectivity index (χ1n) is 9.76. The molecular formula is C22H18FN5O3. The zero-order valence-corrected chi connectivity index (χ0v) is 16.4. The number of H-pyrrole nitrogens is 1. The molecule has 0 saturated carbocycles. The maximum atomic E-state index is 13.2. The van der Waals surface area contributed by atoms with Crippen LogP contribution in [0.5, 0.6) is 0 Å². The Hall–Kier alpha value is -3.85. The van der Waals surface area contributed by atoms with Gasteiger partial charge >= 0.3 is 0 Å². The second-order valence-corrected chi connectivity index (χ2v) is 7.30. The summed E-state index contributed by atoms with van der Waals surface area (Å²) in [6, 6.07) is 9.60. The summed E-state index contributed by atoms with van der Waals surface area (Å²) in [5.74, 6) is -1.31. The zero-order valence-electron chi connectivity index (χ0n) is 16.4. The molecule has 156 valence electrons. The van der Waals surface area contributed by atoms with E-state index in [0.717, 1.165) is 5.39 Å². The first-order chi connectivity index (χ1) is 15.0. The number of rotatable bonds is 3. The minimum absolute atomic E-state index is 0.0787. The number of carbonyl (C=O) groups excluding carboxylic acids is 2. The van der Waals surface area contributed by atoms with Crippen LogP contribution in [0.4, 0.5) is 4.39 Å². The number of aromatic nitrogens is 3. The number of halogens is 1. The van der Waals surface area contributed by atoms with Gasteiger partial charge in [-0.2, -0.15) is 4.39 Å². The molecule has 9 heteroatoms. The summed E-state index contributed by atoms with van der Waals surface area (Å²) in [6.07, 6.45) is 1.35. The van der Waals surface area contributed by atoms with Crippen molar-refractivity contribution >= 4 is 33.8 Å². The van der Waals surface area contributed by atoms with Crippen LogP contribution in [-0.2, 0) is 4.74 Å². The number of carbonyl (C=O) groups is 2. The molecule has 4 heterocycles. The van der Waals surface area contributed by atoms with Crippen molar-refractivity contribution in [1.82, 2.24) is 19.9 Å². The van der Waals surface area contributed by atoms with Crippen molar-refractivity contribution in [3.05, 3.63) is 59.7 Å². The van der Waals surface area contributed by atoms with Gasteiger partial charge in [0.25, 0.3) is 11.8 Å². The highest BCUT2D eigenvalue weighted by molar-refractivity contribution is 6.14. The summed E-state index contributed by atoms with van der Waals surface area (Å²) in [5, 5.41) is 0.743. The van der Waals surface area contributed by atoms with Crippen LogP contribution in [0.1, 0.15) is 20.7 Å². The fourth-order valence-corrected chi connectivity index (χ4v) is 3.81. The molecule has 1 saturated heterocycles. The molecule has 1 aliphatic heterocycles. The van der Waals surface area contributed by atoms with E-state index >= 15 is 0 Å². The van der Waals surface area contributed by atoms with Crippen LogP contribution in [0.2, 0.25) is 0 Å². The Balaban J connectivity index is 1.64. The van der Waals surface area contributed by atoms with E-state index in [0.29, 0.717) is 59.7 Å². The molecule has 1 aliphatic rings. The quantitative estimate of drug-likeness (QED) is 0.495. The minimum atomic E-state index is -0.625. The number of aromatic amines is 1. The molecular weight excluding hydrogens is 401 g/mol. The smallest absolute Gasteiger partial charge is 0.254 e. The first kappa shape index (κ1) is 19.1. The van der Waals surface area contributed by atoms with Crippen molar-refractivity contribution in [1.29, 1.82) is 0 Å². The average molecular weight is 419 g/mol. The standard InChI is InChI=1S/C22H18FN5O3/c23-18-4-2-13(11-25-18)16-10-15(21(24)29)20-19(26-16)14-3-1-12(9-17(14)27-20)22(30)28-5-7-31-8-6-28/h1-4,9-11,27H,5-8H2,(H2,24,29). The normalized spacial score (nSPS) is 14.3. The van der Waals surface area contributed by atoms with Gasteiger partial charge < -0.3 is 20.4 Å². The number of nitrogens with two attached hydrogens (primary N) is 1. The molecule has 2 amide bonds. The van der Waals surface area contributed by atoms with Crippen molar-refractivity contribution in [3.63, 3.8) is 0 Å². The van der Waals surface area contributed by atoms with E-state index in [4.69, 9.17) is 10.5 Å². The van der Waals surface area contributed by atoms with Crippen molar-refractivity contribution in [2.45, 2.75) is 0 Å². The number of primary amides is 1. The second kappa shape index (κ2) is 7.44. The lowest BCUT2D eigenvalue weighted by Crippen LogP contribution is -2.40. The molecule has 0 radical (unpaired) electrons. The van der Waals surface area contributed by atoms with E-state index in [1.54, 1.807) is 29.2 Å². The third-order valence-electron chi connectivity index (χ3n) is 5.39. The van der Waals surface area contributed by atoms with Gasteiger partial charge in [-0.25, -0.2) is 9.97 Å². The Morgan fingerprint density at radius 3 is 2.65 bits per heavy atom. The van der Waals surface area contributed by atoms with E-state index in [2.05, 4.69) is 15.0 Å². The molecule has 4 aromatic rings. The van der Waals surface area contributed by atoms with E-state index < -0.39 is 11.9 Å². The van der Waals surface area contributed by atoms with Gasteiger partial charge in [0.2, 0.25) is 5.95 Å². The lowest BCUT2D eigenvalue weighted by molar-refractivity contribution is 0.0303. The van der Waals surface area contributed by atoms with Crippen molar-refractivity contribution in [3.8, 4) is 11.3 Å². The predicted octanol–water partition coefficient (Wildman–Crippen LogP) is 2.49. The number of hydrogen-bond acceptors (Lipinski definition) is 5. The van der Waals surface area contributed by atoms with Crippen molar-refractivity contribution in [2.24, 2.45) is 5.73 Å². The molecule has 5 rings (SSSR count). The predicted molar refractivity (Wildman–Crippen MR) is 112 cm³/mol. The Morgan fingerprint density at radius 1 is 1.13 bits per heavy atom. The van der Waals surface area contributed by atoms with Gasteiger partial charge in [0.05, 0.1) is 35.5 Å². The number of pyridine rings is 2. The SMILES string of the molecule is NC(=O)c1cc(-c2ccc(F)nc2)nc2c1[nH]c1cc(C(=O)N3CCOCC3)ccc12. The van der Waals surface area contributed by atoms with Crippen LogP contribution in [0.3, 0.4) is 0 Å². The van der Waals surface area contributed by atoms with Gasteiger partial charge in [0.15, 0.2) is 0 Å². The number of nitrogens with one attached hydrogen (secondary N) is 1. The number of morpholine rings is 1. The second-order valence-electron chi connectivity index (χ2n) is 7.30. The van der Waals surface area contributed by atoms with E-state index in [1.165, 1.54) is 18.3 Å². The van der Waals surface area contributed by atoms with Crippen LogP contribution < -0.4 is 5.73 Å². The maximum Gasteiger partial charge on any atom is 0.254 e. The number of nitrogens with zero attached hydrogens (tertiary/aromatic N) is 3. The molecule has 0 aliphatic carbocycles. The third-order valence-corrected chi connectivity index (χ3v) is 5.39. The van der Waals surface area contributed by atoms with Crippen molar-refractivity contribution < 1.29 is 18.7 Å². The summed E-state index contributed by atoms with van der Waals surface area (Å²) in [7, 11) is 0. The molecule has 0 atom stereocenters. The molecule has 0 unspecified atom stereocenters. The molecule has 3 aromatic heterocycles. The monoisotopic (exact) mass is 419 g/mol. The van der Waals surface area contributed by atoms with E-state index in [9.17, 15) is 14.0 Å². The van der Waals surface area contributed by atoms with Gasteiger partial charge in [-0.3, -0.25) is 9.59 Å².